The van der Waals surface area contributed by atoms with Gasteiger partial charge >= 0.3 is 0 Å². The Bertz CT molecular complexity index is 1060. The molecular weight excluding hydrogens is 400 g/mol. The van der Waals surface area contributed by atoms with Crippen molar-refractivity contribution in [2.45, 2.75) is 50.5 Å². The van der Waals surface area contributed by atoms with Gasteiger partial charge in [-0.2, -0.15) is 5.26 Å². The molecule has 1 amide bonds. The quantitative estimate of drug-likeness (QED) is 0.763. The van der Waals surface area contributed by atoms with Gasteiger partial charge in [0.1, 0.15) is 11.8 Å². The predicted molar refractivity (Wildman–Crippen MR) is 114 cm³/mol. The summed E-state index contributed by atoms with van der Waals surface area (Å²) in [5.41, 5.74) is 1.69. The number of benzene rings is 1. The van der Waals surface area contributed by atoms with Crippen LogP contribution in [0.5, 0.6) is 0 Å². The van der Waals surface area contributed by atoms with E-state index in [4.69, 9.17) is 5.14 Å². The standard InChI is InChI=1S/C22H28N4O3S/c1-16-8-12-26(13-9-16)22(27)19(10-14-25-11-4-6-18(25)15-23)21-17(2)5-3-7-20(21)30(24,28)29/h3-7,11,16,19H,8-10,12-14H2,1-2H3,(H2,24,28,29). The minimum atomic E-state index is -3.99. The summed E-state index contributed by atoms with van der Waals surface area (Å²) in [7, 11) is -3.99. The van der Waals surface area contributed by atoms with E-state index < -0.39 is 15.9 Å². The molecule has 3 rings (SSSR count). The summed E-state index contributed by atoms with van der Waals surface area (Å²) in [5, 5.41) is 14.8. The lowest BCUT2D eigenvalue weighted by atomic mass is 9.89. The highest BCUT2D eigenvalue weighted by Crippen LogP contribution is 2.33. The first-order valence-electron chi connectivity index (χ1n) is 10.2. The second kappa shape index (κ2) is 9.02. The summed E-state index contributed by atoms with van der Waals surface area (Å²) < 4.78 is 26.4. The lowest BCUT2D eigenvalue weighted by molar-refractivity contribution is -0.134. The third-order valence-electron chi connectivity index (χ3n) is 5.94. The van der Waals surface area contributed by atoms with Gasteiger partial charge in [-0.05, 0) is 61.4 Å². The van der Waals surface area contributed by atoms with E-state index in [1.54, 1.807) is 42.0 Å². The molecule has 0 aliphatic carbocycles. The van der Waals surface area contributed by atoms with Crippen LogP contribution < -0.4 is 5.14 Å². The number of primary sulfonamides is 1. The van der Waals surface area contributed by atoms with E-state index in [1.165, 1.54) is 6.07 Å². The molecule has 1 saturated heterocycles. The van der Waals surface area contributed by atoms with Gasteiger partial charge in [-0.3, -0.25) is 4.79 Å². The molecule has 8 heteroatoms. The molecular formula is C22H28N4O3S. The summed E-state index contributed by atoms with van der Waals surface area (Å²) in [6.45, 7) is 5.74. The van der Waals surface area contributed by atoms with Crippen LogP contribution in [-0.4, -0.2) is 36.9 Å². The molecule has 0 bridgehead atoms. The largest absolute Gasteiger partial charge is 0.342 e. The Kier molecular flexibility index (Phi) is 6.64. The number of nitriles is 1. The highest BCUT2D eigenvalue weighted by Gasteiger charge is 2.32. The van der Waals surface area contributed by atoms with Gasteiger partial charge in [-0.1, -0.05) is 19.1 Å². The average molecular weight is 429 g/mol. The number of aryl methyl sites for hydroxylation is 2. The van der Waals surface area contributed by atoms with Crippen molar-refractivity contribution in [3.05, 3.63) is 53.3 Å². The van der Waals surface area contributed by atoms with Crippen molar-refractivity contribution in [1.29, 1.82) is 5.26 Å². The molecule has 30 heavy (non-hydrogen) atoms. The third kappa shape index (κ3) is 4.74. The second-order valence-electron chi connectivity index (χ2n) is 8.08. The number of sulfonamides is 1. The molecule has 2 aromatic rings. The van der Waals surface area contributed by atoms with Gasteiger partial charge in [-0.15, -0.1) is 0 Å². The lowest BCUT2D eigenvalue weighted by Crippen LogP contribution is -2.41. The fourth-order valence-corrected chi connectivity index (χ4v) is 5.05. The topological polar surface area (TPSA) is 109 Å². The maximum atomic E-state index is 13.6. The summed E-state index contributed by atoms with van der Waals surface area (Å²) in [6, 6.07) is 10.5. The summed E-state index contributed by atoms with van der Waals surface area (Å²) in [4.78, 5) is 15.4. The van der Waals surface area contributed by atoms with Crippen molar-refractivity contribution < 1.29 is 13.2 Å². The van der Waals surface area contributed by atoms with Gasteiger partial charge in [-0.25, -0.2) is 13.6 Å². The molecule has 1 fully saturated rings. The second-order valence-corrected chi connectivity index (χ2v) is 9.61. The molecule has 0 radical (unpaired) electrons. The molecule has 1 aromatic carbocycles. The van der Waals surface area contributed by atoms with Crippen molar-refractivity contribution >= 4 is 15.9 Å². The summed E-state index contributed by atoms with van der Waals surface area (Å²) in [5.74, 6) is -0.155. The van der Waals surface area contributed by atoms with Crippen molar-refractivity contribution in [3.63, 3.8) is 0 Å². The Hall–Kier alpha value is -2.63. The number of carbonyl (C=O) groups excluding carboxylic acids is 1. The highest BCUT2D eigenvalue weighted by molar-refractivity contribution is 7.89. The maximum Gasteiger partial charge on any atom is 0.238 e. The highest BCUT2D eigenvalue weighted by atomic mass is 32.2. The Morgan fingerprint density at radius 2 is 1.97 bits per heavy atom. The van der Waals surface area contributed by atoms with E-state index in [2.05, 4.69) is 13.0 Å². The number of aromatic nitrogens is 1. The molecule has 1 unspecified atom stereocenters. The smallest absolute Gasteiger partial charge is 0.238 e. The zero-order valence-corrected chi connectivity index (χ0v) is 18.2. The van der Waals surface area contributed by atoms with Crippen LogP contribution in [0.15, 0.2) is 41.4 Å². The van der Waals surface area contributed by atoms with Crippen molar-refractivity contribution in [2.75, 3.05) is 13.1 Å². The first-order valence-corrected chi connectivity index (χ1v) is 11.7. The molecule has 1 aliphatic heterocycles. The number of carbonyl (C=O) groups is 1. The number of amides is 1. The van der Waals surface area contributed by atoms with E-state index in [-0.39, 0.29) is 10.8 Å². The number of piperidine rings is 1. The van der Waals surface area contributed by atoms with Gasteiger partial charge in [0, 0.05) is 25.8 Å². The van der Waals surface area contributed by atoms with Gasteiger partial charge < -0.3 is 9.47 Å². The average Bonchev–Trinajstić information content (AvgIpc) is 3.16. The third-order valence-corrected chi connectivity index (χ3v) is 6.90. The van der Waals surface area contributed by atoms with Crippen LogP contribution in [0.2, 0.25) is 0 Å². The minimum absolute atomic E-state index is 0.000703. The number of nitrogens with zero attached hydrogens (tertiary/aromatic N) is 3. The Balaban J connectivity index is 2.00. The van der Waals surface area contributed by atoms with E-state index in [0.29, 0.717) is 43.2 Å². The molecule has 2 heterocycles. The van der Waals surface area contributed by atoms with Crippen molar-refractivity contribution in [3.8, 4) is 6.07 Å². The lowest BCUT2D eigenvalue weighted by Gasteiger charge is -2.34. The summed E-state index contributed by atoms with van der Waals surface area (Å²) >= 11 is 0. The monoisotopic (exact) mass is 428 g/mol. The Morgan fingerprint density at radius 3 is 2.60 bits per heavy atom. The zero-order chi connectivity index (χ0) is 21.9. The summed E-state index contributed by atoms with van der Waals surface area (Å²) in [6.07, 6.45) is 4.04. The SMILES string of the molecule is Cc1cccc(S(N)(=O)=O)c1C(CCn1cccc1C#N)C(=O)N1CCC(C)CC1. The van der Waals surface area contributed by atoms with Gasteiger partial charge in [0.2, 0.25) is 15.9 Å². The molecule has 0 saturated carbocycles. The van der Waals surface area contributed by atoms with Crippen LogP contribution in [0.3, 0.4) is 0 Å². The Morgan fingerprint density at radius 1 is 1.27 bits per heavy atom. The van der Waals surface area contributed by atoms with Crippen molar-refractivity contribution in [2.24, 2.45) is 11.1 Å². The number of rotatable bonds is 6. The van der Waals surface area contributed by atoms with E-state index >= 15 is 0 Å². The number of nitrogens with two attached hydrogens (primary N) is 1. The molecule has 1 atom stereocenters. The van der Waals surface area contributed by atoms with E-state index in [0.717, 1.165) is 18.4 Å². The number of hydrogen-bond donors (Lipinski definition) is 1. The van der Waals surface area contributed by atoms with Crippen LogP contribution >= 0.6 is 0 Å². The van der Waals surface area contributed by atoms with Crippen molar-refractivity contribution in [1.82, 2.24) is 9.47 Å². The minimum Gasteiger partial charge on any atom is -0.342 e. The fraction of sp³-hybridized carbons (Fsp3) is 0.455. The first-order chi connectivity index (χ1) is 14.2. The maximum absolute atomic E-state index is 13.6. The van der Waals surface area contributed by atoms with Crippen LogP contribution in [0.25, 0.3) is 0 Å². The fourth-order valence-electron chi connectivity index (χ4n) is 4.17. The normalized spacial score (nSPS) is 16.3. The Labute approximate surface area is 178 Å². The van der Waals surface area contributed by atoms with Crippen LogP contribution in [0.1, 0.15) is 48.9 Å². The van der Waals surface area contributed by atoms with Crippen LogP contribution in [0, 0.1) is 24.2 Å². The number of hydrogen-bond acceptors (Lipinski definition) is 4. The molecule has 1 aliphatic rings. The predicted octanol–water partition coefficient (Wildman–Crippen LogP) is 2.75. The molecule has 1 aromatic heterocycles. The first kappa shape index (κ1) is 22.1. The zero-order valence-electron chi connectivity index (χ0n) is 17.4. The van der Waals surface area contributed by atoms with E-state index in [1.807, 2.05) is 4.90 Å². The van der Waals surface area contributed by atoms with Crippen LogP contribution in [-0.2, 0) is 21.4 Å². The van der Waals surface area contributed by atoms with Gasteiger partial charge in [0.05, 0.1) is 10.8 Å². The molecule has 2 N–H and O–H groups in total. The van der Waals surface area contributed by atoms with Gasteiger partial charge in [0.25, 0.3) is 0 Å². The van der Waals surface area contributed by atoms with E-state index in [9.17, 15) is 18.5 Å². The number of likely N-dealkylation sites (tertiary alicyclic amines) is 1. The van der Waals surface area contributed by atoms with Crippen LogP contribution in [0.4, 0.5) is 0 Å². The molecule has 7 nitrogen and oxygen atoms in total. The molecule has 160 valence electrons. The molecule has 0 spiro atoms. The van der Waals surface area contributed by atoms with Gasteiger partial charge in [0.15, 0.2) is 0 Å².